The van der Waals surface area contributed by atoms with Crippen molar-refractivity contribution < 1.29 is 9.90 Å². The molecule has 0 saturated carbocycles. The minimum absolute atomic E-state index is 0. The quantitative estimate of drug-likeness (QED) is 0.532. The van der Waals surface area contributed by atoms with Crippen LogP contribution in [0.3, 0.4) is 0 Å². The second-order valence-electron chi connectivity index (χ2n) is 0.620. The van der Waals surface area contributed by atoms with Crippen molar-refractivity contribution in [3.8, 4) is 0 Å². The van der Waals surface area contributed by atoms with Gasteiger partial charge in [0.15, 0.2) is 0 Å². The highest BCUT2D eigenvalue weighted by Gasteiger charge is 1.65. The molecule has 8 heavy (non-hydrogen) atoms. The van der Waals surface area contributed by atoms with Crippen LogP contribution in [0.25, 0.3) is 0 Å². The van der Waals surface area contributed by atoms with Crippen molar-refractivity contribution in [1.29, 1.82) is 0 Å². The van der Waals surface area contributed by atoms with Gasteiger partial charge in [-0.1, -0.05) is 0 Å². The van der Waals surface area contributed by atoms with Gasteiger partial charge in [-0.05, 0) is 0 Å². The first-order valence-electron chi connectivity index (χ1n) is 1.46. The van der Waals surface area contributed by atoms with Crippen molar-refractivity contribution in [2.75, 3.05) is 5.34 Å². The molecule has 0 saturated heterocycles. The van der Waals surface area contributed by atoms with Gasteiger partial charge in [0.1, 0.15) is 0 Å². The number of hydrogen-bond acceptors (Lipinski definition) is 2. The van der Waals surface area contributed by atoms with E-state index in [0.717, 1.165) is 6.92 Å². The lowest BCUT2D eigenvalue weighted by atomic mass is 10.9. The zero-order valence-corrected chi connectivity index (χ0v) is 6.04. The van der Waals surface area contributed by atoms with Crippen molar-refractivity contribution in [2.24, 2.45) is 0 Å². The molecule has 0 rings (SSSR count). The minimum Gasteiger partial charge on any atom is -0.481 e. The van der Waals surface area contributed by atoms with Gasteiger partial charge in [0.05, 0.1) is 5.34 Å². The van der Waals surface area contributed by atoms with Gasteiger partial charge in [0.2, 0.25) is 0 Å². The summed E-state index contributed by atoms with van der Waals surface area (Å²) in [4.78, 5) is 9.00. The first-order valence-corrected chi connectivity index (χ1v) is 2.53. The fraction of sp³-hybridized carbons (Fsp3) is 0.667. The number of alkyl halides is 2. The van der Waals surface area contributed by atoms with E-state index in [1.54, 1.807) is 0 Å². The second kappa shape index (κ2) is 15.7. The Morgan fingerprint density at radius 2 is 1.62 bits per heavy atom. The van der Waals surface area contributed by atoms with Gasteiger partial charge in [0.25, 0.3) is 5.97 Å². The van der Waals surface area contributed by atoms with E-state index in [-0.39, 0.29) is 11.5 Å². The van der Waals surface area contributed by atoms with Crippen molar-refractivity contribution in [3.05, 3.63) is 0 Å². The summed E-state index contributed by atoms with van der Waals surface area (Å²) in [5.41, 5.74) is 0. The zero-order valence-electron chi connectivity index (χ0n) is 4.53. The SMILES string of the molecule is CC(=O)O.ClCCl.N. The van der Waals surface area contributed by atoms with Gasteiger partial charge in [0, 0.05) is 6.92 Å². The molecule has 0 aromatic heterocycles. The number of carboxylic acids is 1. The first kappa shape index (κ1) is 15.7. The molecule has 0 aliphatic rings. The van der Waals surface area contributed by atoms with E-state index in [1.165, 1.54) is 0 Å². The summed E-state index contributed by atoms with van der Waals surface area (Å²) in [5.74, 6) is -0.833. The zero-order chi connectivity index (χ0) is 6.28. The van der Waals surface area contributed by atoms with Crippen molar-refractivity contribution >= 4 is 29.2 Å². The van der Waals surface area contributed by atoms with E-state index in [9.17, 15) is 0 Å². The van der Waals surface area contributed by atoms with Crippen LogP contribution < -0.4 is 6.15 Å². The Morgan fingerprint density at radius 1 is 1.62 bits per heavy atom. The summed E-state index contributed by atoms with van der Waals surface area (Å²) in [5, 5.41) is 7.61. The number of rotatable bonds is 0. The Balaban J connectivity index is -0.0000000575. The van der Waals surface area contributed by atoms with Crippen LogP contribution in [0, 0.1) is 0 Å². The number of carbonyl (C=O) groups is 1. The third-order valence-corrected chi connectivity index (χ3v) is 0. The van der Waals surface area contributed by atoms with Gasteiger partial charge in [-0.25, -0.2) is 0 Å². The number of hydrogen-bond donors (Lipinski definition) is 2. The fourth-order valence-electron chi connectivity index (χ4n) is 0. The molecule has 0 fully saturated rings. The number of aliphatic carboxylic acids is 1. The molecule has 0 radical (unpaired) electrons. The van der Waals surface area contributed by atoms with E-state index >= 15 is 0 Å². The summed E-state index contributed by atoms with van der Waals surface area (Å²) in [6.45, 7) is 1.08. The van der Waals surface area contributed by atoms with E-state index in [1.807, 2.05) is 0 Å². The van der Waals surface area contributed by atoms with Crippen LogP contribution in [0.5, 0.6) is 0 Å². The number of halogens is 2. The second-order valence-corrected chi connectivity index (χ2v) is 1.43. The van der Waals surface area contributed by atoms with Crippen LogP contribution in [0.15, 0.2) is 0 Å². The summed E-state index contributed by atoms with van der Waals surface area (Å²) in [6, 6.07) is 0. The molecule has 0 spiro atoms. The molecular weight excluding hydrogens is 153 g/mol. The van der Waals surface area contributed by atoms with E-state index < -0.39 is 5.97 Å². The summed E-state index contributed by atoms with van der Waals surface area (Å²) < 4.78 is 0. The predicted molar refractivity (Wildman–Crippen MR) is 34.9 cm³/mol. The molecule has 0 aliphatic carbocycles. The fourth-order valence-corrected chi connectivity index (χ4v) is 0. The largest absolute Gasteiger partial charge is 0.481 e. The topological polar surface area (TPSA) is 72.3 Å². The van der Waals surface area contributed by atoms with E-state index in [4.69, 9.17) is 33.1 Å². The van der Waals surface area contributed by atoms with Crippen molar-refractivity contribution in [3.63, 3.8) is 0 Å². The van der Waals surface area contributed by atoms with Crippen LogP contribution >= 0.6 is 23.2 Å². The van der Waals surface area contributed by atoms with Crippen LogP contribution in [-0.4, -0.2) is 16.4 Å². The van der Waals surface area contributed by atoms with Gasteiger partial charge in [-0.2, -0.15) is 0 Å². The monoisotopic (exact) mass is 161 g/mol. The lowest BCUT2D eigenvalue weighted by Gasteiger charge is -1.59. The Hall–Kier alpha value is 0.01000. The molecule has 52 valence electrons. The Bertz CT molecular complexity index is 46.5. The third kappa shape index (κ3) is 1510000. The third-order valence-electron chi connectivity index (χ3n) is 0. The van der Waals surface area contributed by atoms with Crippen LogP contribution in [-0.2, 0) is 4.79 Å². The molecule has 0 atom stereocenters. The lowest BCUT2D eigenvalue weighted by molar-refractivity contribution is -0.134. The molecule has 3 nitrogen and oxygen atoms in total. The Labute approximate surface area is 58.2 Å². The summed E-state index contributed by atoms with van der Waals surface area (Å²) >= 11 is 9.53. The molecule has 0 bridgehead atoms. The minimum atomic E-state index is -0.833. The average Bonchev–Trinajstić information content (AvgIpc) is 1.33. The standard InChI is InChI=1S/C2H4O2.CH2Cl2.H3N/c1-2(3)4;2-1-3;/h1H3,(H,3,4);1H2;1H3. The van der Waals surface area contributed by atoms with Crippen molar-refractivity contribution in [1.82, 2.24) is 6.15 Å². The molecule has 0 aromatic rings. The molecule has 0 heterocycles. The van der Waals surface area contributed by atoms with Crippen LogP contribution in [0.2, 0.25) is 0 Å². The summed E-state index contributed by atoms with van der Waals surface area (Å²) in [7, 11) is 0. The Kier molecular flexibility index (Phi) is 30.9. The lowest BCUT2D eigenvalue weighted by Crippen LogP contribution is -1.78. The highest BCUT2D eigenvalue weighted by atomic mass is 35.5. The average molecular weight is 162 g/mol. The molecule has 0 amide bonds. The van der Waals surface area contributed by atoms with E-state index in [2.05, 4.69) is 0 Å². The van der Waals surface area contributed by atoms with Gasteiger partial charge in [-0.15, -0.1) is 23.2 Å². The predicted octanol–water partition coefficient (Wildman–Crippen LogP) is 1.67. The van der Waals surface area contributed by atoms with Crippen LogP contribution in [0.1, 0.15) is 6.92 Å². The molecule has 0 aliphatic heterocycles. The maximum atomic E-state index is 9.00. The maximum Gasteiger partial charge on any atom is 0.300 e. The van der Waals surface area contributed by atoms with Gasteiger partial charge < -0.3 is 11.3 Å². The molecule has 0 aromatic carbocycles. The van der Waals surface area contributed by atoms with Gasteiger partial charge in [-0.3, -0.25) is 4.79 Å². The highest BCUT2D eigenvalue weighted by molar-refractivity contribution is 6.40. The summed E-state index contributed by atoms with van der Waals surface area (Å²) in [6.07, 6.45) is 0. The molecule has 0 unspecified atom stereocenters. The Morgan fingerprint density at radius 3 is 1.62 bits per heavy atom. The first-order chi connectivity index (χ1) is 3.15. The normalized spacial score (nSPS) is 5.38. The number of carboxylic acid groups (broad SMARTS) is 1. The van der Waals surface area contributed by atoms with Crippen molar-refractivity contribution in [2.45, 2.75) is 6.92 Å². The molecule has 5 heteroatoms. The van der Waals surface area contributed by atoms with E-state index in [0.29, 0.717) is 0 Å². The van der Waals surface area contributed by atoms with Gasteiger partial charge >= 0.3 is 0 Å². The molecular formula is C3H9Cl2NO2. The smallest absolute Gasteiger partial charge is 0.300 e. The highest BCUT2D eigenvalue weighted by Crippen LogP contribution is 1.73. The molecule has 4 N–H and O–H groups in total. The maximum absolute atomic E-state index is 9.00. The van der Waals surface area contributed by atoms with Crippen LogP contribution in [0.4, 0.5) is 0 Å².